The summed E-state index contributed by atoms with van der Waals surface area (Å²) in [6.07, 6.45) is 3.63. The summed E-state index contributed by atoms with van der Waals surface area (Å²) in [5.41, 5.74) is 1.66. The Balaban J connectivity index is 2.40. The maximum absolute atomic E-state index is 10.0. The Morgan fingerprint density at radius 2 is 1.74 bits per heavy atom. The van der Waals surface area contributed by atoms with Crippen LogP contribution in [-0.2, 0) is 11.0 Å². The fourth-order valence-electron chi connectivity index (χ4n) is 1.76. The summed E-state index contributed by atoms with van der Waals surface area (Å²) >= 11 is 0. The first-order chi connectivity index (χ1) is 8.68. The van der Waals surface area contributed by atoms with Crippen LogP contribution in [0.25, 0.3) is 5.69 Å². The molecule has 102 valence electrons. The number of hydrogen-bond donors (Lipinski definition) is 1. The lowest BCUT2D eigenvalue weighted by Gasteiger charge is -2.17. The number of aromatic nitrogens is 3. The van der Waals surface area contributed by atoms with Crippen LogP contribution in [0.4, 0.5) is 0 Å². The molecule has 19 heavy (non-hydrogen) atoms. The summed E-state index contributed by atoms with van der Waals surface area (Å²) in [5.74, 6) is 0. The highest BCUT2D eigenvalue weighted by Crippen LogP contribution is 2.22. The second-order valence-electron chi connectivity index (χ2n) is 6.35. The van der Waals surface area contributed by atoms with Crippen LogP contribution in [0.5, 0.6) is 0 Å². The Bertz CT molecular complexity index is 574. The zero-order valence-corrected chi connectivity index (χ0v) is 12.2. The maximum Gasteiger partial charge on any atom is 0.101 e. The molecule has 0 amide bonds. The molecule has 1 N–H and O–H groups in total. The maximum atomic E-state index is 10.0. The van der Waals surface area contributed by atoms with E-state index in [1.54, 1.807) is 20.0 Å². The van der Waals surface area contributed by atoms with Crippen molar-refractivity contribution < 1.29 is 5.11 Å². The molecule has 2 aromatic rings. The molecule has 0 saturated carbocycles. The largest absolute Gasteiger partial charge is 0.384 e. The zero-order chi connectivity index (χ0) is 14.3. The van der Waals surface area contributed by atoms with Gasteiger partial charge in [-0.25, -0.2) is 4.68 Å². The summed E-state index contributed by atoms with van der Waals surface area (Å²) in [6.45, 7) is 9.85. The minimum Gasteiger partial charge on any atom is -0.384 e. The Labute approximate surface area is 114 Å². The van der Waals surface area contributed by atoms with E-state index in [9.17, 15) is 5.11 Å². The molecule has 0 spiro atoms. The molecule has 0 unspecified atom stereocenters. The van der Waals surface area contributed by atoms with Gasteiger partial charge in [-0.3, -0.25) is 4.98 Å². The van der Waals surface area contributed by atoms with Gasteiger partial charge in [0.25, 0.3) is 0 Å². The predicted molar refractivity (Wildman–Crippen MR) is 75.3 cm³/mol. The van der Waals surface area contributed by atoms with Crippen molar-refractivity contribution in [3.05, 3.63) is 42.0 Å². The first kappa shape index (κ1) is 13.7. The standard InChI is InChI=1S/C15H21N3O/c1-14(2,3)12-7-9-18(17-12)11-6-8-16-13(10-11)15(4,5)19/h6-10,19H,1-5H3. The zero-order valence-electron chi connectivity index (χ0n) is 12.2. The van der Waals surface area contributed by atoms with E-state index < -0.39 is 5.60 Å². The van der Waals surface area contributed by atoms with Crippen molar-refractivity contribution in [2.45, 2.75) is 45.6 Å². The van der Waals surface area contributed by atoms with Crippen LogP contribution in [0.1, 0.15) is 46.0 Å². The fourth-order valence-corrected chi connectivity index (χ4v) is 1.76. The number of nitrogens with zero attached hydrogens (tertiary/aromatic N) is 3. The third kappa shape index (κ3) is 3.01. The minimum absolute atomic E-state index is 0.0252. The van der Waals surface area contributed by atoms with Gasteiger partial charge >= 0.3 is 0 Å². The summed E-state index contributed by atoms with van der Waals surface area (Å²) in [7, 11) is 0. The van der Waals surface area contributed by atoms with Gasteiger partial charge in [-0.15, -0.1) is 0 Å². The van der Waals surface area contributed by atoms with Crippen LogP contribution >= 0.6 is 0 Å². The van der Waals surface area contributed by atoms with E-state index in [0.717, 1.165) is 11.4 Å². The molecule has 2 aromatic heterocycles. The molecule has 2 rings (SSSR count). The van der Waals surface area contributed by atoms with Crippen LogP contribution in [-0.4, -0.2) is 19.9 Å². The topological polar surface area (TPSA) is 50.9 Å². The molecule has 4 nitrogen and oxygen atoms in total. The van der Waals surface area contributed by atoms with E-state index in [-0.39, 0.29) is 5.41 Å². The molecule has 0 aliphatic rings. The number of rotatable bonds is 2. The van der Waals surface area contributed by atoms with Crippen molar-refractivity contribution in [1.82, 2.24) is 14.8 Å². The summed E-state index contributed by atoms with van der Waals surface area (Å²) in [5, 5.41) is 14.6. The third-order valence-corrected chi connectivity index (χ3v) is 2.99. The third-order valence-electron chi connectivity index (χ3n) is 2.99. The van der Waals surface area contributed by atoms with Gasteiger partial charge in [-0.2, -0.15) is 5.10 Å². The van der Waals surface area contributed by atoms with Crippen molar-refractivity contribution in [1.29, 1.82) is 0 Å². The summed E-state index contributed by atoms with van der Waals surface area (Å²) in [6, 6.07) is 5.76. The number of hydrogen-bond acceptors (Lipinski definition) is 3. The molecule has 0 aliphatic carbocycles. The van der Waals surface area contributed by atoms with Gasteiger partial charge in [0.2, 0.25) is 0 Å². The van der Waals surface area contributed by atoms with Gasteiger partial charge in [-0.1, -0.05) is 20.8 Å². The lowest BCUT2D eigenvalue weighted by atomic mass is 9.93. The van der Waals surface area contributed by atoms with E-state index in [1.165, 1.54) is 0 Å². The van der Waals surface area contributed by atoms with Crippen molar-refractivity contribution in [3.8, 4) is 5.69 Å². The minimum atomic E-state index is -0.948. The fraction of sp³-hybridized carbons (Fsp3) is 0.467. The molecular formula is C15H21N3O. The van der Waals surface area contributed by atoms with Crippen molar-refractivity contribution in [3.63, 3.8) is 0 Å². The first-order valence-electron chi connectivity index (χ1n) is 6.43. The smallest absolute Gasteiger partial charge is 0.101 e. The lowest BCUT2D eigenvalue weighted by molar-refractivity contribution is 0.0738. The molecular weight excluding hydrogens is 238 g/mol. The first-order valence-corrected chi connectivity index (χ1v) is 6.43. The van der Waals surface area contributed by atoms with E-state index in [4.69, 9.17) is 0 Å². The highest BCUT2D eigenvalue weighted by Gasteiger charge is 2.20. The Morgan fingerprint density at radius 3 is 2.26 bits per heavy atom. The Morgan fingerprint density at radius 1 is 1.05 bits per heavy atom. The van der Waals surface area contributed by atoms with Crippen molar-refractivity contribution in [2.75, 3.05) is 0 Å². The molecule has 0 radical (unpaired) electrons. The normalized spacial score (nSPS) is 12.7. The second-order valence-corrected chi connectivity index (χ2v) is 6.35. The average molecular weight is 259 g/mol. The summed E-state index contributed by atoms with van der Waals surface area (Å²) < 4.78 is 1.82. The van der Waals surface area contributed by atoms with E-state index in [2.05, 4.69) is 30.9 Å². The quantitative estimate of drug-likeness (QED) is 0.902. The second kappa shape index (κ2) is 4.46. The highest BCUT2D eigenvalue weighted by atomic mass is 16.3. The van der Waals surface area contributed by atoms with Gasteiger partial charge in [0.05, 0.1) is 17.1 Å². The van der Waals surface area contributed by atoms with E-state index in [1.807, 2.05) is 29.1 Å². The van der Waals surface area contributed by atoms with Gasteiger partial charge in [0.15, 0.2) is 0 Å². The van der Waals surface area contributed by atoms with Gasteiger partial charge < -0.3 is 5.11 Å². The van der Waals surface area contributed by atoms with E-state index in [0.29, 0.717) is 5.69 Å². The van der Waals surface area contributed by atoms with Crippen molar-refractivity contribution in [2.24, 2.45) is 0 Å². The molecule has 0 fully saturated rings. The van der Waals surface area contributed by atoms with Crippen LogP contribution in [0.15, 0.2) is 30.6 Å². The molecule has 0 saturated heterocycles. The Kier molecular flexibility index (Phi) is 3.22. The van der Waals surface area contributed by atoms with Gasteiger partial charge in [0, 0.05) is 17.8 Å². The molecule has 0 atom stereocenters. The van der Waals surface area contributed by atoms with Crippen LogP contribution in [0, 0.1) is 0 Å². The SMILES string of the molecule is CC(C)(C)c1ccn(-c2ccnc(C(C)(C)O)c2)n1. The molecule has 0 aromatic carbocycles. The highest BCUT2D eigenvalue weighted by molar-refractivity contribution is 5.33. The van der Waals surface area contributed by atoms with Crippen LogP contribution < -0.4 is 0 Å². The summed E-state index contributed by atoms with van der Waals surface area (Å²) in [4.78, 5) is 4.20. The number of pyridine rings is 1. The lowest BCUT2D eigenvalue weighted by Crippen LogP contribution is -2.18. The molecule has 2 heterocycles. The number of aliphatic hydroxyl groups is 1. The van der Waals surface area contributed by atoms with Crippen molar-refractivity contribution >= 4 is 0 Å². The molecule has 4 heteroatoms. The van der Waals surface area contributed by atoms with E-state index >= 15 is 0 Å². The van der Waals surface area contributed by atoms with Gasteiger partial charge in [0.1, 0.15) is 5.60 Å². The Hall–Kier alpha value is -1.68. The molecule has 0 bridgehead atoms. The van der Waals surface area contributed by atoms with Crippen LogP contribution in [0.3, 0.4) is 0 Å². The molecule has 0 aliphatic heterocycles. The van der Waals surface area contributed by atoms with Crippen LogP contribution in [0.2, 0.25) is 0 Å². The average Bonchev–Trinajstić information content (AvgIpc) is 2.77. The van der Waals surface area contributed by atoms with Gasteiger partial charge in [-0.05, 0) is 32.0 Å². The monoisotopic (exact) mass is 259 g/mol. The predicted octanol–water partition coefficient (Wildman–Crippen LogP) is 2.79.